The van der Waals surface area contributed by atoms with Crippen LogP contribution < -0.4 is 10.2 Å². The van der Waals surface area contributed by atoms with Crippen molar-refractivity contribution >= 4 is 26.3 Å². The number of nitrogens with zero attached hydrogens (tertiary/aromatic N) is 2. The molecule has 0 atom stereocenters. The predicted octanol–water partition coefficient (Wildman–Crippen LogP) is 1.43. The molecule has 0 aliphatic carbocycles. The first-order valence-corrected chi connectivity index (χ1v) is 9.27. The summed E-state index contributed by atoms with van der Waals surface area (Å²) >= 11 is 1.63. The summed E-state index contributed by atoms with van der Waals surface area (Å²) in [6.07, 6.45) is 2.37. The summed E-state index contributed by atoms with van der Waals surface area (Å²) in [6.45, 7) is 6.44. The number of nitrogens with one attached hydrogen (secondary N) is 1. The number of hydrogen-bond donors (Lipinski definition) is 1. The summed E-state index contributed by atoms with van der Waals surface area (Å²) in [5.74, 6) is 0.158. The van der Waals surface area contributed by atoms with Crippen molar-refractivity contribution < 1.29 is 8.42 Å². The van der Waals surface area contributed by atoms with Crippen molar-refractivity contribution in [1.82, 2.24) is 10.3 Å². The summed E-state index contributed by atoms with van der Waals surface area (Å²) in [5.41, 5.74) is 1.02. The van der Waals surface area contributed by atoms with E-state index in [9.17, 15) is 8.42 Å². The van der Waals surface area contributed by atoms with Crippen molar-refractivity contribution in [3.05, 3.63) is 10.6 Å². The van der Waals surface area contributed by atoms with Crippen LogP contribution in [0.25, 0.3) is 0 Å². The van der Waals surface area contributed by atoms with Gasteiger partial charge in [0, 0.05) is 31.3 Å². The van der Waals surface area contributed by atoms with E-state index < -0.39 is 9.84 Å². The highest BCUT2D eigenvalue weighted by atomic mass is 32.2. The van der Waals surface area contributed by atoms with E-state index in [0.29, 0.717) is 6.54 Å². The monoisotopic (exact) mass is 305 g/mol. The van der Waals surface area contributed by atoms with Crippen LogP contribution in [-0.4, -0.2) is 45.5 Å². The fourth-order valence-electron chi connectivity index (χ4n) is 1.52. The SMILES string of the molecule is CCCNCc1sc(N(C)CCS(C)(=O)=O)nc1C. The molecule has 0 fully saturated rings. The van der Waals surface area contributed by atoms with Gasteiger partial charge in [-0.15, -0.1) is 11.3 Å². The topological polar surface area (TPSA) is 62.3 Å². The maximum absolute atomic E-state index is 11.2. The lowest BCUT2D eigenvalue weighted by Gasteiger charge is -2.14. The first-order chi connectivity index (χ1) is 8.83. The summed E-state index contributed by atoms with van der Waals surface area (Å²) in [7, 11) is -1.04. The molecule has 0 aliphatic heterocycles. The van der Waals surface area contributed by atoms with Crippen LogP contribution in [-0.2, 0) is 16.4 Å². The Morgan fingerprint density at radius 1 is 1.42 bits per heavy atom. The maximum atomic E-state index is 11.2. The van der Waals surface area contributed by atoms with E-state index in [1.165, 1.54) is 11.1 Å². The second-order valence-corrected chi connectivity index (χ2v) is 8.06. The van der Waals surface area contributed by atoms with Gasteiger partial charge in [-0.2, -0.15) is 0 Å². The van der Waals surface area contributed by atoms with Crippen molar-refractivity contribution in [3.8, 4) is 0 Å². The molecule has 0 bridgehead atoms. The van der Waals surface area contributed by atoms with E-state index in [2.05, 4.69) is 17.2 Å². The zero-order valence-corrected chi connectivity index (χ0v) is 13.7. The molecule has 0 aliphatic rings. The van der Waals surface area contributed by atoms with Gasteiger partial charge in [0.1, 0.15) is 9.84 Å². The van der Waals surface area contributed by atoms with Crippen molar-refractivity contribution in [1.29, 1.82) is 0 Å². The number of anilines is 1. The van der Waals surface area contributed by atoms with Crippen molar-refractivity contribution in [3.63, 3.8) is 0 Å². The zero-order valence-electron chi connectivity index (χ0n) is 12.1. The molecule has 0 aromatic carbocycles. The molecule has 0 saturated heterocycles. The van der Waals surface area contributed by atoms with Gasteiger partial charge in [0.05, 0.1) is 11.4 Å². The Morgan fingerprint density at radius 2 is 2.11 bits per heavy atom. The molecule has 0 amide bonds. The predicted molar refractivity (Wildman–Crippen MR) is 81.8 cm³/mol. The van der Waals surface area contributed by atoms with E-state index in [1.54, 1.807) is 11.3 Å². The number of rotatable bonds is 8. The van der Waals surface area contributed by atoms with Crippen molar-refractivity contribution in [2.24, 2.45) is 0 Å². The minimum absolute atomic E-state index is 0.158. The lowest BCUT2D eigenvalue weighted by molar-refractivity contribution is 0.601. The molecule has 1 rings (SSSR count). The molecule has 1 aromatic heterocycles. The smallest absolute Gasteiger partial charge is 0.185 e. The Morgan fingerprint density at radius 3 is 2.68 bits per heavy atom. The molecular weight excluding hydrogens is 282 g/mol. The summed E-state index contributed by atoms with van der Waals surface area (Å²) in [4.78, 5) is 7.62. The largest absolute Gasteiger partial charge is 0.350 e. The van der Waals surface area contributed by atoms with Gasteiger partial charge < -0.3 is 10.2 Å². The molecule has 19 heavy (non-hydrogen) atoms. The molecule has 0 unspecified atom stereocenters. The van der Waals surface area contributed by atoms with Gasteiger partial charge in [-0.05, 0) is 19.9 Å². The third-order valence-corrected chi connectivity index (χ3v) is 4.91. The van der Waals surface area contributed by atoms with Crippen molar-refractivity contribution in [2.45, 2.75) is 26.8 Å². The maximum Gasteiger partial charge on any atom is 0.185 e. The second-order valence-electron chi connectivity index (χ2n) is 4.73. The molecule has 0 saturated carbocycles. The molecule has 5 nitrogen and oxygen atoms in total. The molecule has 1 N–H and O–H groups in total. The summed E-state index contributed by atoms with van der Waals surface area (Å²) < 4.78 is 22.3. The standard InChI is InChI=1S/C12H23N3O2S2/c1-5-6-13-9-11-10(2)14-12(18-11)15(3)7-8-19(4,16)17/h13H,5-9H2,1-4H3. The Kier molecular flexibility index (Phi) is 6.22. The highest BCUT2D eigenvalue weighted by Gasteiger charge is 2.12. The summed E-state index contributed by atoms with van der Waals surface area (Å²) in [6, 6.07) is 0. The highest BCUT2D eigenvalue weighted by molar-refractivity contribution is 7.90. The Hall–Kier alpha value is -0.660. The van der Waals surface area contributed by atoms with Gasteiger partial charge in [-0.1, -0.05) is 6.92 Å². The summed E-state index contributed by atoms with van der Waals surface area (Å²) in [5, 5.41) is 4.24. The minimum Gasteiger partial charge on any atom is -0.350 e. The van der Waals surface area contributed by atoms with Crippen LogP contribution in [0.5, 0.6) is 0 Å². The van der Waals surface area contributed by atoms with Gasteiger partial charge in [-0.3, -0.25) is 0 Å². The molecule has 0 spiro atoms. The lowest BCUT2D eigenvalue weighted by atomic mass is 10.4. The molecule has 7 heteroatoms. The van der Waals surface area contributed by atoms with E-state index in [-0.39, 0.29) is 5.75 Å². The van der Waals surface area contributed by atoms with Crippen LogP contribution in [0.3, 0.4) is 0 Å². The normalized spacial score (nSPS) is 11.8. The van der Waals surface area contributed by atoms with Crippen LogP contribution in [0.15, 0.2) is 0 Å². The molecule has 0 radical (unpaired) electrons. The number of aromatic nitrogens is 1. The molecule has 1 heterocycles. The average Bonchev–Trinajstić information content (AvgIpc) is 2.67. The number of sulfone groups is 1. The third-order valence-electron chi connectivity index (χ3n) is 2.72. The van der Waals surface area contributed by atoms with Gasteiger partial charge in [-0.25, -0.2) is 13.4 Å². The van der Waals surface area contributed by atoms with E-state index in [0.717, 1.165) is 30.3 Å². The van der Waals surface area contributed by atoms with Gasteiger partial charge in [0.15, 0.2) is 5.13 Å². The fraction of sp³-hybridized carbons (Fsp3) is 0.750. The first kappa shape index (κ1) is 16.4. The number of aryl methyl sites for hydroxylation is 1. The lowest BCUT2D eigenvalue weighted by Crippen LogP contribution is -2.24. The minimum atomic E-state index is -2.93. The van der Waals surface area contributed by atoms with Gasteiger partial charge in [0.25, 0.3) is 0 Å². The van der Waals surface area contributed by atoms with E-state index >= 15 is 0 Å². The number of hydrogen-bond acceptors (Lipinski definition) is 6. The Labute approximate surface area is 120 Å². The fourth-order valence-corrected chi connectivity index (χ4v) is 3.14. The van der Waals surface area contributed by atoms with Crippen LogP contribution in [0.2, 0.25) is 0 Å². The quantitative estimate of drug-likeness (QED) is 0.736. The van der Waals surface area contributed by atoms with Crippen LogP contribution >= 0.6 is 11.3 Å². The van der Waals surface area contributed by atoms with E-state index in [4.69, 9.17) is 0 Å². The molecule has 1 aromatic rings. The van der Waals surface area contributed by atoms with Crippen LogP contribution in [0.4, 0.5) is 5.13 Å². The first-order valence-electron chi connectivity index (χ1n) is 6.39. The molecular formula is C12H23N3O2S2. The van der Waals surface area contributed by atoms with Gasteiger partial charge in [0.2, 0.25) is 0 Å². The van der Waals surface area contributed by atoms with Crippen LogP contribution in [0, 0.1) is 6.92 Å². The second kappa shape index (κ2) is 7.21. The third kappa shape index (κ3) is 5.88. The van der Waals surface area contributed by atoms with Crippen LogP contribution in [0.1, 0.15) is 23.9 Å². The average molecular weight is 305 g/mol. The van der Waals surface area contributed by atoms with E-state index in [1.807, 2.05) is 18.9 Å². The Balaban J connectivity index is 2.61. The van der Waals surface area contributed by atoms with Crippen molar-refractivity contribution in [2.75, 3.05) is 37.0 Å². The van der Waals surface area contributed by atoms with Gasteiger partial charge >= 0.3 is 0 Å². The highest BCUT2D eigenvalue weighted by Crippen LogP contribution is 2.25. The number of thiazole rings is 1. The molecule has 110 valence electrons. The zero-order chi connectivity index (χ0) is 14.5. The Bertz CT molecular complexity index is 497.